The maximum absolute atomic E-state index is 13.2. The van der Waals surface area contributed by atoms with Gasteiger partial charge in [-0.05, 0) is 66.8 Å². The van der Waals surface area contributed by atoms with E-state index in [9.17, 15) is 9.59 Å². The first-order chi connectivity index (χ1) is 20.0. The highest BCUT2D eigenvalue weighted by Crippen LogP contribution is 2.32. The highest BCUT2D eigenvalue weighted by Gasteiger charge is 2.24. The molecule has 1 fully saturated rings. The van der Waals surface area contributed by atoms with Gasteiger partial charge in [0.25, 0.3) is 0 Å². The molecule has 2 atom stereocenters. The minimum Gasteiger partial charge on any atom is -0.468 e. The Labute approximate surface area is 250 Å². The van der Waals surface area contributed by atoms with Gasteiger partial charge >= 0.3 is 0 Å². The molecule has 0 spiro atoms. The monoisotopic (exact) mass is 576 g/mol. The van der Waals surface area contributed by atoms with Gasteiger partial charge in [-0.3, -0.25) is 9.59 Å². The quantitative estimate of drug-likeness (QED) is 0.169. The zero-order chi connectivity index (χ0) is 28.9. The van der Waals surface area contributed by atoms with Crippen LogP contribution < -0.4 is 5.32 Å². The van der Waals surface area contributed by atoms with E-state index in [1.165, 1.54) is 44.1 Å². The van der Waals surface area contributed by atoms with Crippen molar-refractivity contribution in [3.05, 3.63) is 83.6 Å². The molecule has 2 N–H and O–H groups in total. The van der Waals surface area contributed by atoms with Crippen molar-refractivity contribution in [1.82, 2.24) is 10.3 Å². The lowest BCUT2D eigenvalue weighted by atomic mass is 9.85. The van der Waals surface area contributed by atoms with Crippen LogP contribution >= 0.6 is 11.8 Å². The smallest absolute Gasteiger partial charge is 0.220 e. The van der Waals surface area contributed by atoms with Gasteiger partial charge in [0.15, 0.2) is 0 Å². The third kappa shape index (κ3) is 10.6. The number of nitrogens with one attached hydrogen (secondary N) is 2. The van der Waals surface area contributed by atoms with Crippen molar-refractivity contribution in [3.8, 4) is 0 Å². The van der Waals surface area contributed by atoms with Crippen LogP contribution in [0.4, 0.5) is 0 Å². The molecule has 6 heteroatoms. The standard InChI is InChI=1S/C35H48N2O3S/c1-26(2)21-30(37-34(39)17-9-13-27-11-5-3-6-12-27)22-29-18-19-36-35(29)33(28-14-7-4-8-15-28)23-31(38)24-41-25-32-16-10-20-40-32/h4,7-8,10,14-16,18-20,26-27,30,33,36H,3,5-6,9,11-13,17,21-25H2,1-2H3,(H,37,39). The second-order valence-corrected chi connectivity index (χ2v) is 13.2. The lowest BCUT2D eigenvalue weighted by Gasteiger charge is -2.24. The molecule has 0 radical (unpaired) electrons. The summed E-state index contributed by atoms with van der Waals surface area (Å²) < 4.78 is 5.41. The van der Waals surface area contributed by atoms with E-state index in [-0.39, 0.29) is 23.7 Å². The summed E-state index contributed by atoms with van der Waals surface area (Å²) in [6.07, 6.45) is 15.3. The molecule has 0 aliphatic heterocycles. The van der Waals surface area contributed by atoms with Crippen LogP contribution in [0.1, 0.15) is 107 Å². The number of furan rings is 1. The summed E-state index contributed by atoms with van der Waals surface area (Å²) in [6, 6.07) is 16.3. The number of aromatic nitrogens is 1. The summed E-state index contributed by atoms with van der Waals surface area (Å²) in [5.74, 6) is 3.67. The third-order valence-electron chi connectivity index (χ3n) is 8.27. The number of carbonyl (C=O) groups excluding carboxylic acids is 2. The Morgan fingerprint density at radius 2 is 1.85 bits per heavy atom. The average Bonchev–Trinajstić information content (AvgIpc) is 3.65. The zero-order valence-corrected chi connectivity index (χ0v) is 25.7. The molecule has 2 aromatic heterocycles. The summed E-state index contributed by atoms with van der Waals surface area (Å²) in [7, 11) is 0. The van der Waals surface area contributed by atoms with Gasteiger partial charge in [-0.1, -0.05) is 76.3 Å². The average molecular weight is 577 g/mol. The number of ketones is 1. The van der Waals surface area contributed by atoms with E-state index in [1.54, 1.807) is 18.0 Å². The van der Waals surface area contributed by atoms with E-state index < -0.39 is 0 Å². The first-order valence-corrected chi connectivity index (χ1v) is 16.8. The molecule has 1 saturated carbocycles. The summed E-state index contributed by atoms with van der Waals surface area (Å²) in [4.78, 5) is 29.7. The van der Waals surface area contributed by atoms with Crippen molar-refractivity contribution in [2.45, 2.75) is 102 Å². The van der Waals surface area contributed by atoms with Gasteiger partial charge in [-0.2, -0.15) is 0 Å². The van der Waals surface area contributed by atoms with Crippen LogP contribution in [0.5, 0.6) is 0 Å². The second-order valence-electron chi connectivity index (χ2n) is 12.2. The number of benzene rings is 1. The molecule has 2 unspecified atom stereocenters. The van der Waals surface area contributed by atoms with Crippen molar-refractivity contribution in [2.24, 2.45) is 11.8 Å². The molecule has 222 valence electrons. The van der Waals surface area contributed by atoms with E-state index in [0.717, 1.165) is 42.2 Å². The van der Waals surface area contributed by atoms with Crippen molar-refractivity contribution < 1.29 is 14.0 Å². The predicted octanol–water partition coefficient (Wildman–Crippen LogP) is 8.46. The van der Waals surface area contributed by atoms with E-state index in [4.69, 9.17) is 4.42 Å². The highest BCUT2D eigenvalue weighted by atomic mass is 32.2. The van der Waals surface area contributed by atoms with Crippen molar-refractivity contribution in [2.75, 3.05) is 5.75 Å². The van der Waals surface area contributed by atoms with Crippen molar-refractivity contribution in [3.63, 3.8) is 0 Å². The fraction of sp³-hybridized carbons (Fsp3) is 0.543. The Bertz CT molecular complexity index is 1170. The molecule has 1 aliphatic rings. The SMILES string of the molecule is CC(C)CC(Cc1cc[nH]c1C(CC(=O)CSCc1ccco1)c1ccccc1)NC(=O)CCCC1CCCCC1. The summed E-state index contributed by atoms with van der Waals surface area (Å²) in [5.41, 5.74) is 3.40. The van der Waals surface area contributed by atoms with Crippen LogP contribution in [0.25, 0.3) is 0 Å². The Kier molecular flexibility index (Phi) is 12.7. The summed E-state index contributed by atoms with van der Waals surface area (Å²) in [5, 5.41) is 3.38. The highest BCUT2D eigenvalue weighted by molar-refractivity contribution is 7.99. The lowest BCUT2D eigenvalue weighted by molar-refractivity contribution is -0.122. The Morgan fingerprint density at radius 1 is 1.05 bits per heavy atom. The summed E-state index contributed by atoms with van der Waals surface area (Å²) >= 11 is 1.60. The minimum absolute atomic E-state index is 0.0520. The Morgan fingerprint density at radius 3 is 2.59 bits per heavy atom. The number of Topliss-reactive ketones (excluding diaryl/α,β-unsaturated/α-hetero) is 1. The molecular weight excluding hydrogens is 528 g/mol. The molecule has 1 aromatic carbocycles. The number of aromatic amines is 1. The number of thioether (sulfide) groups is 1. The maximum atomic E-state index is 13.2. The van der Waals surface area contributed by atoms with Gasteiger partial charge in [0.05, 0.1) is 17.8 Å². The van der Waals surface area contributed by atoms with Crippen molar-refractivity contribution in [1.29, 1.82) is 0 Å². The number of hydrogen-bond acceptors (Lipinski definition) is 4. The largest absolute Gasteiger partial charge is 0.468 e. The van der Waals surface area contributed by atoms with E-state index >= 15 is 0 Å². The van der Waals surface area contributed by atoms with Gasteiger partial charge in [0.1, 0.15) is 11.5 Å². The number of carbonyl (C=O) groups is 2. The van der Waals surface area contributed by atoms with Crippen LogP contribution in [0.2, 0.25) is 0 Å². The fourth-order valence-electron chi connectivity index (χ4n) is 6.29. The normalized spacial score (nSPS) is 15.6. The van der Waals surface area contributed by atoms with Gasteiger partial charge in [-0.25, -0.2) is 0 Å². The molecule has 0 saturated heterocycles. The number of hydrogen-bond donors (Lipinski definition) is 2. The maximum Gasteiger partial charge on any atom is 0.220 e. The van der Waals surface area contributed by atoms with Crippen LogP contribution in [-0.2, 0) is 21.8 Å². The molecule has 4 rings (SSSR count). The predicted molar refractivity (Wildman–Crippen MR) is 169 cm³/mol. The first-order valence-electron chi connectivity index (χ1n) is 15.6. The van der Waals surface area contributed by atoms with Gasteiger partial charge < -0.3 is 14.7 Å². The lowest BCUT2D eigenvalue weighted by Crippen LogP contribution is -2.37. The summed E-state index contributed by atoms with van der Waals surface area (Å²) in [6.45, 7) is 4.43. The molecule has 5 nitrogen and oxygen atoms in total. The van der Waals surface area contributed by atoms with E-state index in [1.807, 2.05) is 36.5 Å². The number of rotatable bonds is 17. The minimum atomic E-state index is -0.0520. The molecule has 41 heavy (non-hydrogen) atoms. The molecule has 1 amide bonds. The van der Waals surface area contributed by atoms with Gasteiger partial charge in [0, 0.05) is 36.7 Å². The second kappa shape index (κ2) is 16.6. The van der Waals surface area contributed by atoms with Gasteiger partial charge in [0.2, 0.25) is 5.91 Å². The van der Waals surface area contributed by atoms with Gasteiger partial charge in [-0.15, -0.1) is 11.8 Å². The number of H-pyrrole nitrogens is 1. The molecule has 1 aliphatic carbocycles. The first kappa shape index (κ1) is 31.2. The van der Waals surface area contributed by atoms with Crippen LogP contribution in [-0.4, -0.2) is 28.5 Å². The molecule has 0 bridgehead atoms. The molecule has 3 aromatic rings. The Hall–Kier alpha value is -2.73. The topological polar surface area (TPSA) is 75.1 Å². The van der Waals surface area contributed by atoms with Crippen LogP contribution in [0, 0.1) is 11.8 Å². The van der Waals surface area contributed by atoms with Crippen molar-refractivity contribution >= 4 is 23.5 Å². The Balaban J connectivity index is 1.39. The van der Waals surface area contributed by atoms with Crippen LogP contribution in [0.15, 0.2) is 65.4 Å². The van der Waals surface area contributed by atoms with E-state index in [2.05, 4.69) is 42.3 Å². The molecular formula is C35H48N2O3S. The molecule has 2 heterocycles. The zero-order valence-electron chi connectivity index (χ0n) is 24.9. The number of amides is 1. The third-order valence-corrected chi connectivity index (χ3v) is 9.28. The van der Waals surface area contributed by atoms with Crippen LogP contribution in [0.3, 0.4) is 0 Å². The van der Waals surface area contributed by atoms with E-state index in [0.29, 0.717) is 30.3 Å². The fourth-order valence-corrected chi connectivity index (χ4v) is 7.10.